The monoisotopic (exact) mass is 284 g/mol. The summed E-state index contributed by atoms with van der Waals surface area (Å²) in [4.78, 5) is 16.0. The normalized spacial score (nSPS) is 12.2. The third kappa shape index (κ3) is 5.57. The van der Waals surface area contributed by atoms with E-state index < -0.39 is 0 Å². The number of carbonyl (C=O) groups is 1. The fourth-order valence-corrected chi connectivity index (χ4v) is 2.29. The first kappa shape index (κ1) is 15.9. The molecule has 0 radical (unpaired) electrons. The van der Waals surface area contributed by atoms with Crippen molar-refractivity contribution in [3.63, 3.8) is 0 Å². The number of hydrogen-bond acceptors (Lipinski definition) is 3. The Bertz CT molecular complexity index is 398. The first-order valence-electron chi connectivity index (χ1n) is 6.60. The summed E-state index contributed by atoms with van der Waals surface area (Å²) in [6, 6.07) is 3.27. The summed E-state index contributed by atoms with van der Waals surface area (Å²) in [6.07, 6.45) is 2.75. The van der Waals surface area contributed by atoms with Gasteiger partial charge in [0.25, 0.3) is 5.91 Å². The van der Waals surface area contributed by atoms with Gasteiger partial charge in [0.05, 0.1) is 0 Å². The van der Waals surface area contributed by atoms with Gasteiger partial charge in [-0.05, 0) is 37.8 Å². The lowest BCUT2D eigenvalue weighted by molar-refractivity contribution is 0.0942. The molecule has 1 aromatic heterocycles. The molecule has 0 aromatic carbocycles. The average molecular weight is 285 g/mol. The minimum Gasteiger partial charge on any atom is -0.396 e. The van der Waals surface area contributed by atoms with Crippen molar-refractivity contribution in [1.29, 1.82) is 0 Å². The molecule has 1 aromatic rings. The van der Waals surface area contributed by atoms with Crippen LogP contribution < -0.4 is 5.32 Å². The summed E-state index contributed by atoms with van der Waals surface area (Å²) in [6.45, 7) is 4.62. The summed E-state index contributed by atoms with van der Waals surface area (Å²) in [7, 11) is 0. The lowest BCUT2D eigenvalue weighted by atomic mass is 10.00. The molecule has 106 valence electrons. The van der Waals surface area contributed by atoms with Crippen LogP contribution >= 0.6 is 11.6 Å². The van der Waals surface area contributed by atoms with Crippen LogP contribution in [0.15, 0.2) is 12.1 Å². The molecule has 0 spiro atoms. The zero-order valence-corrected chi connectivity index (χ0v) is 12.2. The molecule has 19 heavy (non-hydrogen) atoms. The topological polar surface area (TPSA) is 62.2 Å². The van der Waals surface area contributed by atoms with Crippen LogP contribution in [0.25, 0.3) is 0 Å². The molecule has 1 unspecified atom stereocenters. The van der Waals surface area contributed by atoms with E-state index in [9.17, 15) is 4.79 Å². The molecule has 4 nitrogen and oxygen atoms in total. The Morgan fingerprint density at radius 3 is 2.79 bits per heavy atom. The second-order valence-electron chi connectivity index (χ2n) is 4.70. The second kappa shape index (κ2) is 8.12. The summed E-state index contributed by atoms with van der Waals surface area (Å²) in [5.74, 6) is 0.170. The maximum absolute atomic E-state index is 12.0. The smallest absolute Gasteiger partial charge is 0.251 e. The Morgan fingerprint density at radius 2 is 2.21 bits per heavy atom. The molecule has 0 saturated carbocycles. The standard InChI is InChI=1S/C14H21ClN2O2/c1-3-4-11(5-6-18)9-16-14(19)12-7-10(2)17-13(15)8-12/h7-8,11,18H,3-6,9H2,1-2H3,(H,16,19). The SMILES string of the molecule is CCCC(CCO)CNC(=O)c1cc(C)nc(Cl)c1. The lowest BCUT2D eigenvalue weighted by Gasteiger charge is -2.15. The summed E-state index contributed by atoms with van der Waals surface area (Å²) >= 11 is 5.83. The molecule has 2 N–H and O–H groups in total. The van der Waals surface area contributed by atoms with Crippen LogP contribution in [0.4, 0.5) is 0 Å². The molecule has 1 amide bonds. The Morgan fingerprint density at radius 1 is 1.47 bits per heavy atom. The summed E-state index contributed by atoms with van der Waals surface area (Å²) in [5, 5.41) is 12.2. The van der Waals surface area contributed by atoms with Gasteiger partial charge in [-0.15, -0.1) is 0 Å². The third-order valence-electron chi connectivity index (χ3n) is 2.97. The van der Waals surface area contributed by atoms with Gasteiger partial charge < -0.3 is 10.4 Å². The molecular weight excluding hydrogens is 264 g/mol. The van der Waals surface area contributed by atoms with E-state index in [2.05, 4.69) is 17.2 Å². The largest absolute Gasteiger partial charge is 0.396 e. The van der Waals surface area contributed by atoms with Gasteiger partial charge in [-0.1, -0.05) is 24.9 Å². The van der Waals surface area contributed by atoms with Gasteiger partial charge in [-0.3, -0.25) is 4.79 Å². The fourth-order valence-electron chi connectivity index (χ4n) is 2.04. The number of nitrogens with zero attached hydrogens (tertiary/aromatic N) is 1. The van der Waals surface area contributed by atoms with Crippen molar-refractivity contribution in [1.82, 2.24) is 10.3 Å². The zero-order valence-electron chi connectivity index (χ0n) is 11.4. The first-order valence-corrected chi connectivity index (χ1v) is 6.97. The number of nitrogens with one attached hydrogen (secondary N) is 1. The van der Waals surface area contributed by atoms with E-state index in [1.165, 1.54) is 0 Å². The Labute approximate surface area is 119 Å². The molecule has 1 rings (SSSR count). The predicted molar refractivity (Wildman–Crippen MR) is 76.4 cm³/mol. The van der Waals surface area contributed by atoms with E-state index in [0.29, 0.717) is 29.6 Å². The molecule has 5 heteroatoms. The van der Waals surface area contributed by atoms with E-state index in [1.807, 2.05) is 0 Å². The molecule has 1 heterocycles. The van der Waals surface area contributed by atoms with Crippen LogP contribution in [-0.2, 0) is 0 Å². The molecule has 0 aliphatic carbocycles. The number of hydrogen-bond donors (Lipinski definition) is 2. The maximum Gasteiger partial charge on any atom is 0.251 e. The van der Waals surface area contributed by atoms with E-state index in [1.54, 1.807) is 19.1 Å². The van der Waals surface area contributed by atoms with Gasteiger partial charge >= 0.3 is 0 Å². The van der Waals surface area contributed by atoms with Gasteiger partial charge in [0.1, 0.15) is 5.15 Å². The highest BCUT2D eigenvalue weighted by molar-refractivity contribution is 6.29. The minimum atomic E-state index is -0.147. The number of aliphatic hydroxyl groups is 1. The van der Waals surface area contributed by atoms with E-state index >= 15 is 0 Å². The minimum absolute atomic E-state index is 0.147. The van der Waals surface area contributed by atoms with Crippen LogP contribution in [0.5, 0.6) is 0 Å². The lowest BCUT2D eigenvalue weighted by Crippen LogP contribution is -2.29. The quantitative estimate of drug-likeness (QED) is 0.757. The number of aryl methyl sites for hydroxylation is 1. The van der Waals surface area contributed by atoms with Crippen LogP contribution in [0.1, 0.15) is 42.2 Å². The number of carbonyl (C=O) groups excluding carboxylic acids is 1. The molecule has 0 fully saturated rings. The number of aliphatic hydroxyl groups excluding tert-OH is 1. The number of aromatic nitrogens is 1. The number of rotatable bonds is 7. The van der Waals surface area contributed by atoms with Crippen molar-refractivity contribution in [3.05, 3.63) is 28.5 Å². The van der Waals surface area contributed by atoms with Crippen LogP contribution in [0.3, 0.4) is 0 Å². The van der Waals surface area contributed by atoms with Gasteiger partial charge in [0.2, 0.25) is 0 Å². The fraction of sp³-hybridized carbons (Fsp3) is 0.571. The molecule has 0 aliphatic heterocycles. The second-order valence-corrected chi connectivity index (χ2v) is 5.08. The predicted octanol–water partition coefficient (Wildman–Crippen LogP) is 2.57. The highest BCUT2D eigenvalue weighted by Crippen LogP contribution is 2.12. The summed E-state index contributed by atoms with van der Waals surface area (Å²) < 4.78 is 0. The van der Waals surface area contributed by atoms with Crippen LogP contribution in [0, 0.1) is 12.8 Å². The van der Waals surface area contributed by atoms with Crippen molar-refractivity contribution in [2.24, 2.45) is 5.92 Å². The van der Waals surface area contributed by atoms with Gasteiger partial charge in [0.15, 0.2) is 0 Å². The Kier molecular flexibility index (Phi) is 6.81. The molecular formula is C14H21ClN2O2. The Hall–Kier alpha value is -1.13. The molecule has 1 atom stereocenters. The van der Waals surface area contributed by atoms with Crippen molar-refractivity contribution in [2.75, 3.05) is 13.2 Å². The highest BCUT2D eigenvalue weighted by atomic mass is 35.5. The van der Waals surface area contributed by atoms with Gasteiger partial charge in [0, 0.05) is 24.4 Å². The number of amides is 1. The van der Waals surface area contributed by atoms with Crippen molar-refractivity contribution in [3.8, 4) is 0 Å². The van der Waals surface area contributed by atoms with Gasteiger partial charge in [-0.2, -0.15) is 0 Å². The van der Waals surface area contributed by atoms with Crippen LogP contribution in [0.2, 0.25) is 5.15 Å². The Balaban J connectivity index is 2.58. The van der Waals surface area contributed by atoms with Crippen molar-refractivity contribution >= 4 is 17.5 Å². The van der Waals surface area contributed by atoms with E-state index in [4.69, 9.17) is 16.7 Å². The number of halogens is 1. The van der Waals surface area contributed by atoms with Gasteiger partial charge in [-0.25, -0.2) is 4.98 Å². The number of pyridine rings is 1. The first-order chi connectivity index (χ1) is 9.06. The molecule has 0 aliphatic rings. The van der Waals surface area contributed by atoms with Crippen molar-refractivity contribution < 1.29 is 9.90 Å². The maximum atomic E-state index is 12.0. The third-order valence-corrected chi connectivity index (χ3v) is 3.16. The van der Waals surface area contributed by atoms with Crippen molar-refractivity contribution in [2.45, 2.75) is 33.1 Å². The molecule has 0 bridgehead atoms. The molecule has 0 saturated heterocycles. The van der Waals surface area contributed by atoms with E-state index in [-0.39, 0.29) is 12.5 Å². The summed E-state index contributed by atoms with van der Waals surface area (Å²) in [5.41, 5.74) is 1.25. The highest BCUT2D eigenvalue weighted by Gasteiger charge is 2.11. The van der Waals surface area contributed by atoms with Crippen LogP contribution in [-0.4, -0.2) is 29.1 Å². The zero-order chi connectivity index (χ0) is 14.3. The average Bonchev–Trinajstić information content (AvgIpc) is 2.35. The van der Waals surface area contributed by atoms with E-state index in [0.717, 1.165) is 18.5 Å².